The van der Waals surface area contributed by atoms with Gasteiger partial charge in [0.15, 0.2) is 11.5 Å². The maximum Gasteiger partial charge on any atom is 0.343 e. The van der Waals surface area contributed by atoms with Crippen LogP contribution in [0, 0.1) is 12.7 Å². The molecule has 2 aromatic carbocycles. The summed E-state index contributed by atoms with van der Waals surface area (Å²) in [5, 5.41) is 13.3. The highest BCUT2D eigenvalue weighted by Crippen LogP contribution is 2.38. The lowest BCUT2D eigenvalue weighted by molar-refractivity contribution is -0.121. The number of halogens is 1. The molecule has 1 atom stereocenters. The lowest BCUT2D eigenvalue weighted by atomic mass is 9.88. The number of hydrogen-bond donors (Lipinski definition) is 2. The SMILES string of the molecule is Cc1cc(O)c([C@@H](CC(=O)NCCc2ccc(F)cc2)c2ccc3c(c2)OCO3)c(=O)o1. The third-order valence-corrected chi connectivity index (χ3v) is 5.28. The number of aromatic hydroxyl groups is 1. The minimum absolute atomic E-state index is 0.00292. The second kappa shape index (κ2) is 9.13. The number of nitrogens with one attached hydrogen (secondary N) is 1. The molecule has 7 nitrogen and oxygen atoms in total. The van der Waals surface area contributed by atoms with Crippen molar-refractivity contribution in [3.8, 4) is 17.2 Å². The molecule has 0 radical (unpaired) electrons. The Morgan fingerprint density at radius 3 is 2.62 bits per heavy atom. The number of ether oxygens (including phenoxy) is 2. The molecule has 32 heavy (non-hydrogen) atoms. The lowest BCUT2D eigenvalue weighted by Crippen LogP contribution is -2.28. The molecule has 0 saturated carbocycles. The minimum Gasteiger partial charge on any atom is -0.507 e. The molecule has 1 aromatic heterocycles. The first-order valence-electron chi connectivity index (χ1n) is 10.1. The van der Waals surface area contributed by atoms with Crippen LogP contribution < -0.4 is 20.4 Å². The van der Waals surface area contributed by atoms with Crippen LogP contribution in [0.4, 0.5) is 4.39 Å². The highest BCUT2D eigenvalue weighted by Gasteiger charge is 2.27. The van der Waals surface area contributed by atoms with Crippen molar-refractivity contribution >= 4 is 5.91 Å². The molecule has 0 unspecified atom stereocenters. The molecule has 166 valence electrons. The van der Waals surface area contributed by atoms with Crippen molar-refractivity contribution in [2.45, 2.75) is 25.7 Å². The van der Waals surface area contributed by atoms with Crippen molar-refractivity contribution < 1.29 is 28.2 Å². The van der Waals surface area contributed by atoms with Crippen molar-refractivity contribution in [3.05, 3.63) is 87.2 Å². The van der Waals surface area contributed by atoms with Gasteiger partial charge in [-0.25, -0.2) is 9.18 Å². The van der Waals surface area contributed by atoms with Gasteiger partial charge >= 0.3 is 5.63 Å². The van der Waals surface area contributed by atoms with Crippen molar-refractivity contribution in [3.63, 3.8) is 0 Å². The van der Waals surface area contributed by atoms with Crippen LogP contribution in [0.1, 0.15) is 34.8 Å². The van der Waals surface area contributed by atoms with Gasteiger partial charge in [-0.3, -0.25) is 4.79 Å². The van der Waals surface area contributed by atoms with Gasteiger partial charge in [0.1, 0.15) is 17.3 Å². The van der Waals surface area contributed by atoms with Gasteiger partial charge in [-0.15, -0.1) is 0 Å². The fourth-order valence-electron chi connectivity index (χ4n) is 3.70. The molecule has 8 heteroatoms. The minimum atomic E-state index is -0.757. The average molecular weight is 439 g/mol. The van der Waals surface area contributed by atoms with Crippen LogP contribution in [0.25, 0.3) is 0 Å². The van der Waals surface area contributed by atoms with E-state index in [1.165, 1.54) is 18.2 Å². The Labute approximate surface area is 183 Å². The van der Waals surface area contributed by atoms with Crippen LogP contribution >= 0.6 is 0 Å². The van der Waals surface area contributed by atoms with E-state index < -0.39 is 11.5 Å². The third kappa shape index (κ3) is 4.74. The molecular formula is C24H22FNO6. The number of amides is 1. The summed E-state index contributed by atoms with van der Waals surface area (Å²) in [6.45, 7) is 1.99. The number of hydrogen-bond acceptors (Lipinski definition) is 6. The van der Waals surface area contributed by atoms with Gasteiger partial charge in [0.25, 0.3) is 0 Å². The first-order chi connectivity index (χ1) is 15.4. The van der Waals surface area contributed by atoms with Crippen molar-refractivity contribution in [2.24, 2.45) is 0 Å². The number of rotatable bonds is 7. The molecule has 0 bridgehead atoms. The van der Waals surface area contributed by atoms with E-state index in [0.717, 1.165) is 5.56 Å². The van der Waals surface area contributed by atoms with E-state index in [1.54, 1.807) is 37.3 Å². The van der Waals surface area contributed by atoms with Crippen molar-refractivity contribution in [1.82, 2.24) is 5.32 Å². The van der Waals surface area contributed by atoms with E-state index in [1.807, 2.05) is 0 Å². The van der Waals surface area contributed by atoms with E-state index in [-0.39, 0.29) is 42.0 Å². The Balaban J connectivity index is 1.55. The van der Waals surface area contributed by atoms with E-state index in [4.69, 9.17) is 13.9 Å². The molecule has 0 fully saturated rings. The second-order valence-electron chi connectivity index (χ2n) is 7.54. The van der Waals surface area contributed by atoms with E-state index in [2.05, 4.69) is 5.32 Å². The second-order valence-corrected chi connectivity index (χ2v) is 7.54. The van der Waals surface area contributed by atoms with Crippen molar-refractivity contribution in [1.29, 1.82) is 0 Å². The Bertz CT molecular complexity index is 1190. The summed E-state index contributed by atoms with van der Waals surface area (Å²) >= 11 is 0. The normalized spacial score (nSPS) is 13.1. The summed E-state index contributed by atoms with van der Waals surface area (Å²) in [6.07, 6.45) is 0.434. The monoisotopic (exact) mass is 439 g/mol. The molecule has 1 amide bonds. The zero-order valence-electron chi connectivity index (χ0n) is 17.4. The van der Waals surface area contributed by atoms with Gasteiger partial charge < -0.3 is 24.3 Å². The molecule has 0 spiro atoms. The van der Waals surface area contributed by atoms with E-state index >= 15 is 0 Å². The standard InChI is InChI=1S/C24H22FNO6/c1-14-10-19(27)23(24(29)32-14)18(16-4-7-20-21(11-16)31-13-30-20)12-22(28)26-9-8-15-2-5-17(25)6-3-15/h2-7,10-11,18,27H,8-9,12-13H2,1H3,(H,26,28)/t18-/m0/s1. The molecule has 0 aliphatic carbocycles. The summed E-state index contributed by atoms with van der Waals surface area (Å²) < 4.78 is 29.0. The summed E-state index contributed by atoms with van der Waals surface area (Å²) in [6, 6.07) is 12.5. The number of benzene rings is 2. The van der Waals surface area contributed by atoms with Crippen LogP contribution in [0.2, 0.25) is 0 Å². The zero-order chi connectivity index (χ0) is 22.7. The largest absolute Gasteiger partial charge is 0.507 e. The molecule has 1 aliphatic heterocycles. The molecule has 2 N–H and O–H groups in total. The predicted octanol–water partition coefficient (Wildman–Crippen LogP) is 3.40. The van der Waals surface area contributed by atoms with Crippen LogP contribution in [0.3, 0.4) is 0 Å². The lowest BCUT2D eigenvalue weighted by Gasteiger charge is -2.18. The number of carbonyl (C=O) groups excluding carboxylic acids is 1. The van der Waals surface area contributed by atoms with Crippen LogP contribution in [-0.2, 0) is 11.2 Å². The summed E-state index contributed by atoms with van der Waals surface area (Å²) in [4.78, 5) is 25.3. The van der Waals surface area contributed by atoms with Gasteiger partial charge in [0.05, 0.1) is 5.56 Å². The molecular weight excluding hydrogens is 417 g/mol. The Morgan fingerprint density at radius 1 is 1.12 bits per heavy atom. The number of fused-ring (bicyclic) bond motifs is 1. The number of aryl methyl sites for hydroxylation is 1. The Kier molecular flexibility index (Phi) is 6.11. The first kappa shape index (κ1) is 21.4. The molecule has 0 saturated heterocycles. The van der Waals surface area contributed by atoms with Gasteiger partial charge in [0, 0.05) is 24.9 Å². The topological polar surface area (TPSA) is 98.0 Å². The summed E-state index contributed by atoms with van der Waals surface area (Å²) in [5.74, 6) is -0.288. The highest BCUT2D eigenvalue weighted by atomic mass is 19.1. The predicted molar refractivity (Wildman–Crippen MR) is 114 cm³/mol. The van der Waals surface area contributed by atoms with Gasteiger partial charge in [0.2, 0.25) is 12.7 Å². The molecule has 1 aliphatic rings. The molecule has 4 rings (SSSR count). The average Bonchev–Trinajstić information content (AvgIpc) is 3.21. The quantitative estimate of drug-likeness (QED) is 0.586. The summed E-state index contributed by atoms with van der Waals surface area (Å²) in [7, 11) is 0. The molecule has 3 aromatic rings. The smallest absolute Gasteiger partial charge is 0.343 e. The van der Waals surface area contributed by atoms with Gasteiger partial charge in [-0.2, -0.15) is 0 Å². The third-order valence-electron chi connectivity index (χ3n) is 5.28. The maximum absolute atomic E-state index is 13.0. The van der Waals surface area contributed by atoms with E-state index in [0.29, 0.717) is 30.0 Å². The number of carbonyl (C=O) groups is 1. The first-order valence-corrected chi connectivity index (χ1v) is 10.1. The Hall–Kier alpha value is -3.81. The zero-order valence-corrected chi connectivity index (χ0v) is 17.4. The Morgan fingerprint density at radius 2 is 1.88 bits per heavy atom. The summed E-state index contributed by atoms with van der Waals surface area (Å²) in [5.41, 5.74) is 0.790. The van der Waals surface area contributed by atoms with Crippen LogP contribution in [-0.4, -0.2) is 24.4 Å². The maximum atomic E-state index is 13.0. The van der Waals surface area contributed by atoms with Crippen LogP contribution in [0.5, 0.6) is 17.2 Å². The van der Waals surface area contributed by atoms with Gasteiger partial charge in [-0.05, 0) is 48.7 Å². The highest BCUT2D eigenvalue weighted by molar-refractivity contribution is 5.77. The van der Waals surface area contributed by atoms with Gasteiger partial charge in [-0.1, -0.05) is 18.2 Å². The van der Waals surface area contributed by atoms with E-state index in [9.17, 15) is 19.1 Å². The fraction of sp³-hybridized carbons (Fsp3) is 0.250. The molecule has 2 heterocycles. The van der Waals surface area contributed by atoms with Crippen molar-refractivity contribution in [2.75, 3.05) is 13.3 Å². The van der Waals surface area contributed by atoms with Crippen LogP contribution in [0.15, 0.2) is 57.7 Å². The fourth-order valence-corrected chi connectivity index (χ4v) is 3.70.